The van der Waals surface area contributed by atoms with E-state index in [1.54, 1.807) is 6.08 Å². The summed E-state index contributed by atoms with van der Waals surface area (Å²) >= 11 is 0. The average molecular weight is 1100 g/mol. The van der Waals surface area contributed by atoms with E-state index < -0.39 is 67.4 Å². The Morgan fingerprint density at radius 2 is 0.975 bits per heavy atom. The number of nitrogens with one attached hydrogen (secondary N) is 1. The van der Waals surface area contributed by atoms with Gasteiger partial charge in [0.05, 0.1) is 25.4 Å². The van der Waals surface area contributed by atoms with Gasteiger partial charge in [-0.25, -0.2) is 0 Å². The van der Waals surface area contributed by atoms with Gasteiger partial charge in [-0.1, -0.05) is 250 Å². The fourth-order valence-electron chi connectivity index (χ4n) is 8.56. The maximum absolute atomic E-state index is 13.4. The van der Waals surface area contributed by atoms with E-state index in [1.165, 1.54) is 51.4 Å². The molecule has 0 aromatic carbocycles. The third-order valence-electron chi connectivity index (χ3n) is 13.4. The Hall–Kier alpha value is -4.46. The summed E-state index contributed by atoms with van der Waals surface area (Å²) in [5.41, 5.74) is 0. The molecule has 8 unspecified atom stereocenters. The Balaban J connectivity index is 2.75. The molecule has 0 saturated carbocycles. The summed E-state index contributed by atoms with van der Waals surface area (Å²) in [6, 6.07) is -1.06. The normalized spacial score (nSPS) is 19.9. The molecule has 446 valence electrons. The molecular weight excluding hydrogens is 991 g/mol. The van der Waals surface area contributed by atoms with Gasteiger partial charge in [0, 0.05) is 6.42 Å². The first kappa shape index (κ1) is 72.6. The Bertz CT molecular complexity index is 1840. The van der Waals surface area contributed by atoms with Gasteiger partial charge in [0.15, 0.2) is 12.4 Å². The van der Waals surface area contributed by atoms with Gasteiger partial charge in [0.2, 0.25) is 5.91 Å². The molecule has 8 atom stereocenters. The Kier molecular flexibility index (Phi) is 49.7. The van der Waals surface area contributed by atoms with Crippen LogP contribution in [-0.4, -0.2) is 99.6 Å². The molecule has 11 nitrogen and oxygen atoms in total. The van der Waals surface area contributed by atoms with Crippen LogP contribution in [-0.2, 0) is 23.8 Å². The predicted octanol–water partition coefficient (Wildman–Crippen LogP) is 14.6. The molecule has 1 fully saturated rings. The molecule has 0 spiro atoms. The molecule has 1 heterocycles. The van der Waals surface area contributed by atoms with E-state index in [4.69, 9.17) is 14.2 Å². The maximum atomic E-state index is 13.4. The number of esters is 1. The SMILES string of the molecule is CC/C=C\C/C=C\C/C=C\C/C=C\C/C=C\C/C=C\CCCCCC(O)C(=O)NC(COC1OC(CO)C(O)C(O)C1OC(=O)CCCCC/C=C/C=C\C=C/C=C/C=C/CC)C(O)/C=C/CCCCCCCCCCCCC. The van der Waals surface area contributed by atoms with Crippen molar-refractivity contribution in [2.24, 2.45) is 0 Å². The number of amides is 1. The van der Waals surface area contributed by atoms with Crippen molar-refractivity contribution >= 4 is 11.9 Å². The number of hydrogen-bond donors (Lipinski definition) is 6. The zero-order valence-electron chi connectivity index (χ0n) is 49.2. The Morgan fingerprint density at radius 1 is 0.519 bits per heavy atom. The van der Waals surface area contributed by atoms with Crippen molar-refractivity contribution in [2.75, 3.05) is 13.2 Å². The molecule has 0 radical (unpaired) electrons. The van der Waals surface area contributed by atoms with Crippen LogP contribution in [0.5, 0.6) is 0 Å². The molecule has 0 aliphatic carbocycles. The third kappa shape index (κ3) is 42.1. The van der Waals surface area contributed by atoms with E-state index in [-0.39, 0.29) is 19.4 Å². The van der Waals surface area contributed by atoms with E-state index in [1.807, 2.05) is 54.7 Å². The van der Waals surface area contributed by atoms with Crippen LogP contribution in [0, 0.1) is 0 Å². The van der Waals surface area contributed by atoms with Crippen LogP contribution in [0.15, 0.2) is 146 Å². The lowest BCUT2D eigenvalue weighted by Crippen LogP contribution is -2.61. The first-order chi connectivity index (χ1) is 38.7. The highest BCUT2D eigenvalue weighted by Crippen LogP contribution is 2.26. The van der Waals surface area contributed by atoms with E-state index in [2.05, 4.69) is 111 Å². The maximum Gasteiger partial charge on any atom is 0.306 e. The van der Waals surface area contributed by atoms with Crippen molar-refractivity contribution in [1.82, 2.24) is 5.32 Å². The summed E-state index contributed by atoms with van der Waals surface area (Å²) in [4.78, 5) is 26.5. The number of carbonyl (C=O) groups excluding carboxylic acids is 2. The van der Waals surface area contributed by atoms with E-state index in [9.17, 15) is 35.1 Å². The van der Waals surface area contributed by atoms with Gasteiger partial charge in [-0.15, -0.1) is 0 Å². The summed E-state index contributed by atoms with van der Waals surface area (Å²) < 4.78 is 17.5. The topological polar surface area (TPSA) is 175 Å². The smallest absolute Gasteiger partial charge is 0.306 e. The second-order valence-electron chi connectivity index (χ2n) is 20.4. The molecule has 1 amide bonds. The summed E-state index contributed by atoms with van der Waals surface area (Å²) in [6.07, 6.45) is 67.4. The van der Waals surface area contributed by atoms with Crippen molar-refractivity contribution < 1.29 is 49.3 Å². The second kappa shape index (κ2) is 54.1. The van der Waals surface area contributed by atoms with Crippen LogP contribution in [0.4, 0.5) is 0 Å². The highest BCUT2D eigenvalue weighted by Gasteiger charge is 2.47. The molecule has 1 saturated heterocycles. The summed E-state index contributed by atoms with van der Waals surface area (Å²) in [7, 11) is 0. The first-order valence-electron chi connectivity index (χ1n) is 30.7. The molecule has 0 aromatic heterocycles. The van der Waals surface area contributed by atoms with E-state index >= 15 is 0 Å². The van der Waals surface area contributed by atoms with Gasteiger partial charge in [-0.3, -0.25) is 9.59 Å². The third-order valence-corrected chi connectivity index (χ3v) is 13.4. The number of aliphatic hydroxyl groups excluding tert-OH is 5. The van der Waals surface area contributed by atoms with Crippen LogP contribution in [0.25, 0.3) is 0 Å². The van der Waals surface area contributed by atoms with Crippen molar-refractivity contribution in [2.45, 2.75) is 256 Å². The molecule has 0 bridgehead atoms. The summed E-state index contributed by atoms with van der Waals surface area (Å²) in [6.45, 7) is 5.47. The molecule has 1 aliphatic rings. The lowest BCUT2D eigenvalue weighted by Gasteiger charge is -2.41. The molecule has 1 aliphatic heterocycles. The zero-order valence-corrected chi connectivity index (χ0v) is 49.2. The van der Waals surface area contributed by atoms with Crippen LogP contribution >= 0.6 is 0 Å². The van der Waals surface area contributed by atoms with Gasteiger partial charge in [0.25, 0.3) is 0 Å². The largest absolute Gasteiger partial charge is 0.454 e. The average Bonchev–Trinajstić information content (AvgIpc) is 3.49. The summed E-state index contributed by atoms with van der Waals surface area (Å²) in [5, 5.41) is 56.9. The van der Waals surface area contributed by atoms with Crippen molar-refractivity contribution in [3.63, 3.8) is 0 Å². The van der Waals surface area contributed by atoms with Gasteiger partial charge in [0.1, 0.15) is 24.4 Å². The molecule has 11 heteroatoms. The van der Waals surface area contributed by atoms with Crippen LogP contribution in [0.1, 0.15) is 207 Å². The standard InChI is InChI=1S/C68H109NO10/c1-4-7-10-13-16-19-22-25-27-28-29-30-31-32-33-35-37-40-43-46-49-52-55-61(72)67(76)69-59(60(71)54-51-48-45-42-39-36-24-21-18-15-12-9-6-3)58-77-68-66(65(75)64(74)62(57-70)78-68)79-63(73)56-53-50-47-44-41-38-34-26-23-20-17-14-11-8-5-2/h7-8,10-11,14,16-17,19-20,23,25-27,29-30,32-34,37-38,40-41,51,54,59-62,64-66,68,70-72,74-75H,4-6,9,12-13,15,18,21-22,24,28,31,35-36,39,42-50,52-53,55-58H2,1-3H3,(H,69,76)/b10-7-,11-8+,17-14+,19-16-,23-20-,27-25-,30-29-,33-32-,34-26-,40-37-,41-38+,54-51+. The van der Waals surface area contributed by atoms with Crippen molar-refractivity contribution in [3.8, 4) is 0 Å². The van der Waals surface area contributed by atoms with Crippen LogP contribution < -0.4 is 5.32 Å². The summed E-state index contributed by atoms with van der Waals surface area (Å²) in [5.74, 6) is -1.28. The lowest BCUT2D eigenvalue weighted by atomic mass is 9.99. The number of ether oxygens (including phenoxy) is 3. The van der Waals surface area contributed by atoms with E-state index in [0.717, 1.165) is 109 Å². The van der Waals surface area contributed by atoms with Gasteiger partial charge in [-0.05, 0) is 96.3 Å². The van der Waals surface area contributed by atoms with Crippen molar-refractivity contribution in [1.29, 1.82) is 0 Å². The highest BCUT2D eigenvalue weighted by molar-refractivity contribution is 5.80. The highest BCUT2D eigenvalue weighted by atomic mass is 16.7. The predicted molar refractivity (Wildman–Crippen MR) is 328 cm³/mol. The number of unbranched alkanes of at least 4 members (excludes halogenated alkanes) is 17. The van der Waals surface area contributed by atoms with Gasteiger partial charge >= 0.3 is 5.97 Å². The first-order valence-corrected chi connectivity index (χ1v) is 30.7. The lowest BCUT2D eigenvalue weighted by molar-refractivity contribution is -0.305. The number of hydrogen-bond acceptors (Lipinski definition) is 10. The number of aliphatic hydroxyl groups is 5. The zero-order chi connectivity index (χ0) is 57.5. The van der Waals surface area contributed by atoms with Crippen molar-refractivity contribution in [3.05, 3.63) is 146 Å². The van der Waals surface area contributed by atoms with E-state index in [0.29, 0.717) is 12.8 Å². The quantitative estimate of drug-likeness (QED) is 0.0149. The van der Waals surface area contributed by atoms with Gasteiger partial charge in [-0.2, -0.15) is 0 Å². The fourth-order valence-corrected chi connectivity index (χ4v) is 8.56. The number of allylic oxidation sites excluding steroid dienone is 23. The monoisotopic (exact) mass is 1100 g/mol. The number of carbonyl (C=O) groups is 2. The second-order valence-corrected chi connectivity index (χ2v) is 20.4. The molecular formula is C68H109NO10. The molecule has 6 N–H and O–H groups in total. The molecule has 1 rings (SSSR count). The Morgan fingerprint density at radius 3 is 1.52 bits per heavy atom. The fraction of sp³-hybridized carbons (Fsp3) is 0.618. The molecule has 0 aromatic rings. The minimum Gasteiger partial charge on any atom is -0.454 e. The minimum absolute atomic E-state index is 0.0621. The van der Waals surface area contributed by atoms with Crippen LogP contribution in [0.3, 0.4) is 0 Å². The molecule has 79 heavy (non-hydrogen) atoms. The van der Waals surface area contributed by atoms with Crippen LogP contribution in [0.2, 0.25) is 0 Å². The number of rotatable bonds is 49. The van der Waals surface area contributed by atoms with Gasteiger partial charge < -0.3 is 45.1 Å². The Labute approximate surface area is 479 Å². The minimum atomic E-state index is -1.65.